The van der Waals surface area contributed by atoms with Crippen LogP contribution in [0.5, 0.6) is 11.6 Å². The Balaban J connectivity index is 2.51. The third-order valence-electron chi connectivity index (χ3n) is 2.33. The van der Waals surface area contributed by atoms with Gasteiger partial charge >= 0.3 is 5.69 Å². The Morgan fingerprint density at radius 1 is 1.05 bits per heavy atom. The lowest BCUT2D eigenvalue weighted by molar-refractivity contribution is -0.385. The van der Waals surface area contributed by atoms with Crippen LogP contribution in [0.3, 0.4) is 0 Å². The highest BCUT2D eigenvalue weighted by molar-refractivity contribution is 6.42. The number of anilines is 1. The number of nitrogen functional groups attached to an aromatic ring is 1. The Bertz CT molecular complexity index is 739. The standard InChI is InChI=1S/C11H5Cl4N3O3/c12-4-2-8(18(19)20)9(3-5(4)13)21-11-7(15)1-6(14)10(16)17-11/h1-3H,(H2,16,17). The van der Waals surface area contributed by atoms with E-state index in [1.165, 1.54) is 12.1 Å². The Kier molecular flexibility index (Phi) is 4.63. The summed E-state index contributed by atoms with van der Waals surface area (Å²) in [7, 11) is 0. The van der Waals surface area contributed by atoms with Crippen molar-refractivity contribution in [1.29, 1.82) is 0 Å². The summed E-state index contributed by atoms with van der Waals surface area (Å²) in [6.07, 6.45) is 0. The van der Waals surface area contributed by atoms with Gasteiger partial charge in [0.05, 0.1) is 20.0 Å². The van der Waals surface area contributed by atoms with Gasteiger partial charge in [0.2, 0.25) is 11.6 Å². The zero-order chi connectivity index (χ0) is 15.7. The lowest BCUT2D eigenvalue weighted by Gasteiger charge is -2.09. The SMILES string of the molecule is Nc1nc(Oc2cc(Cl)c(Cl)cc2[N+](=O)[O-])c(Cl)cc1Cl. The second kappa shape index (κ2) is 6.11. The van der Waals surface area contributed by atoms with Gasteiger partial charge in [0.1, 0.15) is 10.8 Å². The van der Waals surface area contributed by atoms with Crippen LogP contribution in [0.1, 0.15) is 0 Å². The molecule has 6 nitrogen and oxygen atoms in total. The summed E-state index contributed by atoms with van der Waals surface area (Å²) in [6, 6.07) is 3.56. The first-order valence-corrected chi connectivity index (χ1v) is 6.73. The highest BCUT2D eigenvalue weighted by Gasteiger charge is 2.21. The van der Waals surface area contributed by atoms with Crippen molar-refractivity contribution in [2.24, 2.45) is 0 Å². The summed E-state index contributed by atoms with van der Waals surface area (Å²) >= 11 is 23.2. The van der Waals surface area contributed by atoms with E-state index in [1.807, 2.05) is 0 Å². The van der Waals surface area contributed by atoms with Gasteiger partial charge in [-0.25, -0.2) is 0 Å². The number of rotatable bonds is 3. The van der Waals surface area contributed by atoms with Crippen LogP contribution in [-0.2, 0) is 0 Å². The molecule has 0 radical (unpaired) electrons. The normalized spacial score (nSPS) is 10.5. The summed E-state index contributed by atoms with van der Waals surface area (Å²) in [6.45, 7) is 0. The summed E-state index contributed by atoms with van der Waals surface area (Å²) in [5, 5.41) is 11.3. The van der Waals surface area contributed by atoms with Gasteiger partial charge in [-0.15, -0.1) is 0 Å². The highest BCUT2D eigenvalue weighted by Crippen LogP contribution is 2.40. The number of hydrogen-bond acceptors (Lipinski definition) is 5. The predicted octanol–water partition coefficient (Wildman–Crippen LogP) is 4.98. The zero-order valence-electron chi connectivity index (χ0n) is 9.94. The first-order chi connectivity index (χ1) is 9.79. The number of benzene rings is 1. The molecule has 2 rings (SSSR count). The fourth-order valence-corrected chi connectivity index (χ4v) is 2.09. The minimum Gasteiger partial charge on any atom is -0.430 e. The Labute approximate surface area is 138 Å². The molecule has 0 aliphatic heterocycles. The molecule has 2 N–H and O–H groups in total. The number of halogens is 4. The van der Waals surface area contributed by atoms with Crippen molar-refractivity contribution in [1.82, 2.24) is 4.98 Å². The van der Waals surface area contributed by atoms with Crippen LogP contribution in [0, 0.1) is 10.1 Å². The number of pyridine rings is 1. The number of nitrogens with zero attached hydrogens (tertiary/aromatic N) is 2. The lowest BCUT2D eigenvalue weighted by Crippen LogP contribution is -1.98. The van der Waals surface area contributed by atoms with Crippen LogP contribution in [-0.4, -0.2) is 9.91 Å². The molecule has 0 aliphatic carbocycles. The van der Waals surface area contributed by atoms with E-state index in [0.29, 0.717) is 0 Å². The summed E-state index contributed by atoms with van der Waals surface area (Å²) < 4.78 is 5.31. The largest absolute Gasteiger partial charge is 0.430 e. The molecule has 21 heavy (non-hydrogen) atoms. The highest BCUT2D eigenvalue weighted by atomic mass is 35.5. The number of nitrogens with two attached hydrogens (primary N) is 1. The van der Waals surface area contributed by atoms with Gasteiger partial charge in [-0.3, -0.25) is 10.1 Å². The first kappa shape index (κ1) is 15.9. The van der Waals surface area contributed by atoms with E-state index >= 15 is 0 Å². The predicted molar refractivity (Wildman–Crippen MR) is 81.9 cm³/mol. The molecule has 0 amide bonds. The van der Waals surface area contributed by atoms with Crippen LogP contribution in [0.4, 0.5) is 11.5 Å². The Hall–Kier alpha value is -1.47. The number of hydrogen-bond donors (Lipinski definition) is 1. The molecule has 10 heteroatoms. The van der Waals surface area contributed by atoms with Gasteiger partial charge in [0.25, 0.3) is 0 Å². The molecule has 0 saturated heterocycles. The van der Waals surface area contributed by atoms with E-state index in [1.54, 1.807) is 0 Å². The zero-order valence-corrected chi connectivity index (χ0v) is 13.0. The molecule has 2 aromatic rings. The molecular weight excluding hydrogens is 364 g/mol. The monoisotopic (exact) mass is 367 g/mol. The van der Waals surface area contributed by atoms with E-state index in [0.717, 1.165) is 6.07 Å². The van der Waals surface area contributed by atoms with E-state index < -0.39 is 10.6 Å². The minimum absolute atomic E-state index is 0.0189. The van der Waals surface area contributed by atoms with Crippen LogP contribution in [0.15, 0.2) is 18.2 Å². The molecule has 0 unspecified atom stereocenters. The van der Waals surface area contributed by atoms with Gasteiger partial charge in [0, 0.05) is 12.1 Å². The second-order valence-electron chi connectivity index (χ2n) is 3.74. The average molecular weight is 369 g/mol. The van der Waals surface area contributed by atoms with Crippen LogP contribution >= 0.6 is 46.4 Å². The molecule has 0 saturated carbocycles. The topological polar surface area (TPSA) is 91.3 Å². The molecule has 0 atom stereocenters. The Morgan fingerprint density at radius 3 is 2.29 bits per heavy atom. The van der Waals surface area contributed by atoms with Crippen LogP contribution in [0.2, 0.25) is 20.1 Å². The minimum atomic E-state index is -0.676. The number of aromatic nitrogens is 1. The molecule has 0 bridgehead atoms. The lowest BCUT2D eigenvalue weighted by atomic mass is 10.3. The third kappa shape index (κ3) is 3.41. The van der Waals surface area contributed by atoms with E-state index in [2.05, 4.69) is 4.98 Å². The fourth-order valence-electron chi connectivity index (χ4n) is 1.38. The quantitative estimate of drug-likeness (QED) is 0.609. The van der Waals surface area contributed by atoms with Crippen molar-refractivity contribution in [2.45, 2.75) is 0 Å². The van der Waals surface area contributed by atoms with Crippen molar-refractivity contribution in [2.75, 3.05) is 5.73 Å². The van der Waals surface area contributed by atoms with Gasteiger partial charge in [0.15, 0.2) is 0 Å². The molecule has 110 valence electrons. The van der Waals surface area contributed by atoms with Crippen molar-refractivity contribution in [3.05, 3.63) is 48.4 Å². The third-order valence-corrected chi connectivity index (χ3v) is 3.63. The van der Waals surface area contributed by atoms with E-state index in [-0.39, 0.29) is 37.5 Å². The Morgan fingerprint density at radius 2 is 1.67 bits per heavy atom. The van der Waals surface area contributed by atoms with Gasteiger partial charge < -0.3 is 10.5 Å². The average Bonchev–Trinajstić information content (AvgIpc) is 2.39. The molecule has 0 fully saturated rings. The van der Waals surface area contributed by atoms with Crippen LogP contribution < -0.4 is 10.5 Å². The van der Waals surface area contributed by atoms with E-state index in [4.69, 9.17) is 56.9 Å². The molecule has 1 heterocycles. The summed E-state index contributed by atoms with van der Waals surface area (Å²) in [4.78, 5) is 14.1. The molecular formula is C11H5Cl4N3O3. The number of nitro benzene ring substituents is 1. The van der Waals surface area contributed by atoms with Gasteiger partial charge in [-0.2, -0.15) is 4.98 Å². The maximum absolute atomic E-state index is 11.0. The molecule has 1 aromatic carbocycles. The number of ether oxygens (including phenoxy) is 1. The van der Waals surface area contributed by atoms with Crippen molar-refractivity contribution < 1.29 is 9.66 Å². The van der Waals surface area contributed by atoms with Crippen molar-refractivity contribution >= 4 is 57.9 Å². The molecule has 0 spiro atoms. The van der Waals surface area contributed by atoms with Crippen molar-refractivity contribution in [3.8, 4) is 11.6 Å². The first-order valence-electron chi connectivity index (χ1n) is 5.22. The fraction of sp³-hybridized carbons (Fsp3) is 0. The van der Waals surface area contributed by atoms with Crippen molar-refractivity contribution in [3.63, 3.8) is 0 Å². The second-order valence-corrected chi connectivity index (χ2v) is 5.36. The molecule has 0 aliphatic rings. The smallest absolute Gasteiger partial charge is 0.313 e. The summed E-state index contributed by atoms with van der Waals surface area (Å²) in [5.41, 5.74) is 5.14. The maximum Gasteiger partial charge on any atom is 0.313 e. The van der Waals surface area contributed by atoms with Gasteiger partial charge in [-0.1, -0.05) is 46.4 Å². The number of nitro groups is 1. The van der Waals surface area contributed by atoms with Crippen LogP contribution in [0.25, 0.3) is 0 Å². The summed E-state index contributed by atoms with van der Waals surface area (Å²) in [5.74, 6) is -0.343. The maximum atomic E-state index is 11.0. The molecule has 1 aromatic heterocycles. The van der Waals surface area contributed by atoms with E-state index in [9.17, 15) is 10.1 Å². The van der Waals surface area contributed by atoms with Gasteiger partial charge in [-0.05, 0) is 6.07 Å².